The summed E-state index contributed by atoms with van der Waals surface area (Å²) in [4.78, 5) is 0. The van der Waals surface area contributed by atoms with Crippen molar-refractivity contribution in [1.82, 2.24) is 0 Å². The molecular weight excluding hydrogens is 304 g/mol. The van der Waals surface area contributed by atoms with Crippen molar-refractivity contribution >= 4 is 0 Å². The molecule has 1 heteroatoms. The van der Waals surface area contributed by atoms with E-state index in [2.05, 4.69) is 13.8 Å². The summed E-state index contributed by atoms with van der Waals surface area (Å²) in [6.07, 6.45) is 22.4. The molecule has 25 heavy (non-hydrogen) atoms. The average molecular weight is 349 g/mol. The van der Waals surface area contributed by atoms with Crippen LogP contribution in [0.3, 0.4) is 0 Å². The van der Waals surface area contributed by atoms with E-state index in [4.69, 9.17) is 4.74 Å². The van der Waals surface area contributed by atoms with E-state index in [0.29, 0.717) is 6.10 Å². The maximum Gasteiger partial charge on any atom is 0.0575 e. The van der Waals surface area contributed by atoms with Gasteiger partial charge < -0.3 is 4.74 Å². The third-order valence-electron chi connectivity index (χ3n) is 8.10. The third kappa shape index (κ3) is 5.98. The van der Waals surface area contributed by atoms with Crippen molar-refractivity contribution in [3.05, 3.63) is 0 Å². The monoisotopic (exact) mass is 348 g/mol. The molecule has 0 aromatic heterocycles. The largest absolute Gasteiger partial charge is 0.378 e. The standard InChI is InChI=1S/C24H44O/c1-3-5-20-6-8-21(9-7-20)12-16-24-17-15-23(18-25-24)22-13-10-19(4-2)11-14-22/h19-24H,3-18H2,1-2H3. The van der Waals surface area contributed by atoms with Crippen LogP contribution < -0.4 is 0 Å². The molecule has 1 saturated heterocycles. The number of hydrogen-bond donors (Lipinski definition) is 0. The van der Waals surface area contributed by atoms with Crippen LogP contribution in [0.15, 0.2) is 0 Å². The molecule has 146 valence electrons. The molecular formula is C24H44O. The van der Waals surface area contributed by atoms with Crippen molar-refractivity contribution in [3.63, 3.8) is 0 Å². The van der Waals surface area contributed by atoms with Crippen LogP contribution in [-0.2, 0) is 4.74 Å². The lowest BCUT2D eigenvalue weighted by molar-refractivity contribution is -0.0448. The van der Waals surface area contributed by atoms with Crippen LogP contribution in [0, 0.1) is 29.6 Å². The molecule has 3 fully saturated rings. The molecule has 1 nitrogen and oxygen atoms in total. The van der Waals surface area contributed by atoms with Crippen LogP contribution in [0.1, 0.15) is 110 Å². The smallest absolute Gasteiger partial charge is 0.0575 e. The van der Waals surface area contributed by atoms with Crippen molar-refractivity contribution in [2.45, 2.75) is 116 Å². The highest BCUT2D eigenvalue weighted by Gasteiger charge is 2.31. The van der Waals surface area contributed by atoms with Gasteiger partial charge in [0.25, 0.3) is 0 Å². The first kappa shape index (κ1) is 19.7. The van der Waals surface area contributed by atoms with Crippen LogP contribution in [0.2, 0.25) is 0 Å². The summed E-state index contributed by atoms with van der Waals surface area (Å²) in [5, 5.41) is 0. The Balaban J connectivity index is 1.28. The number of rotatable bonds is 7. The molecule has 0 aromatic rings. The zero-order valence-corrected chi connectivity index (χ0v) is 17.2. The normalized spacial score (nSPS) is 40.1. The molecule has 0 amide bonds. The van der Waals surface area contributed by atoms with Gasteiger partial charge in [0.05, 0.1) is 12.7 Å². The fraction of sp³-hybridized carbons (Fsp3) is 1.00. The number of hydrogen-bond acceptors (Lipinski definition) is 1. The minimum atomic E-state index is 0.594. The molecule has 2 saturated carbocycles. The van der Waals surface area contributed by atoms with E-state index in [1.54, 1.807) is 0 Å². The predicted octanol–water partition coefficient (Wildman–Crippen LogP) is 7.38. The second kappa shape index (κ2) is 10.3. The van der Waals surface area contributed by atoms with Crippen LogP contribution in [-0.4, -0.2) is 12.7 Å². The Hall–Kier alpha value is -0.0400. The molecule has 3 aliphatic rings. The summed E-state index contributed by atoms with van der Waals surface area (Å²) < 4.78 is 6.35. The Kier molecular flexibility index (Phi) is 8.15. The maximum absolute atomic E-state index is 6.35. The SMILES string of the molecule is CCCC1CCC(CCC2CCC(C3CCC(CC)CC3)CO2)CC1. The molecule has 1 heterocycles. The molecule has 1 aliphatic heterocycles. The van der Waals surface area contributed by atoms with Gasteiger partial charge in [-0.3, -0.25) is 0 Å². The zero-order chi connectivity index (χ0) is 17.5. The van der Waals surface area contributed by atoms with Gasteiger partial charge in [0.1, 0.15) is 0 Å². The van der Waals surface area contributed by atoms with Gasteiger partial charge in [0.2, 0.25) is 0 Å². The third-order valence-corrected chi connectivity index (χ3v) is 8.10. The minimum Gasteiger partial charge on any atom is -0.378 e. The summed E-state index contributed by atoms with van der Waals surface area (Å²) >= 11 is 0. The Labute approximate surface area is 157 Å². The summed E-state index contributed by atoms with van der Waals surface area (Å²) in [6.45, 7) is 5.79. The molecule has 0 N–H and O–H groups in total. The Morgan fingerprint density at radius 2 is 1.20 bits per heavy atom. The van der Waals surface area contributed by atoms with Gasteiger partial charge >= 0.3 is 0 Å². The quantitative estimate of drug-likeness (QED) is 0.466. The van der Waals surface area contributed by atoms with Crippen LogP contribution in [0.4, 0.5) is 0 Å². The van der Waals surface area contributed by atoms with Gasteiger partial charge in [-0.1, -0.05) is 71.6 Å². The first-order valence-electron chi connectivity index (χ1n) is 11.9. The van der Waals surface area contributed by atoms with Crippen molar-refractivity contribution in [1.29, 1.82) is 0 Å². The second-order valence-electron chi connectivity index (χ2n) is 9.73. The van der Waals surface area contributed by atoms with Crippen molar-refractivity contribution in [3.8, 4) is 0 Å². The van der Waals surface area contributed by atoms with E-state index in [1.807, 2.05) is 0 Å². The summed E-state index contributed by atoms with van der Waals surface area (Å²) in [5.74, 6) is 4.96. The molecule has 0 spiro atoms. The van der Waals surface area contributed by atoms with E-state index >= 15 is 0 Å². The van der Waals surface area contributed by atoms with Crippen molar-refractivity contribution in [2.75, 3.05) is 6.61 Å². The number of ether oxygens (including phenoxy) is 1. The van der Waals surface area contributed by atoms with Crippen LogP contribution in [0.5, 0.6) is 0 Å². The topological polar surface area (TPSA) is 9.23 Å². The highest BCUT2D eigenvalue weighted by molar-refractivity contribution is 4.81. The van der Waals surface area contributed by atoms with Gasteiger partial charge in [0.15, 0.2) is 0 Å². The van der Waals surface area contributed by atoms with E-state index in [9.17, 15) is 0 Å². The van der Waals surface area contributed by atoms with Crippen LogP contribution in [0.25, 0.3) is 0 Å². The first-order valence-corrected chi connectivity index (χ1v) is 11.9. The van der Waals surface area contributed by atoms with Gasteiger partial charge in [-0.15, -0.1) is 0 Å². The van der Waals surface area contributed by atoms with Gasteiger partial charge in [0, 0.05) is 0 Å². The van der Waals surface area contributed by atoms with Gasteiger partial charge in [-0.05, 0) is 68.1 Å². The summed E-state index contributed by atoms with van der Waals surface area (Å²) in [6, 6.07) is 0. The lowest BCUT2D eigenvalue weighted by Gasteiger charge is -2.38. The fourth-order valence-corrected chi connectivity index (χ4v) is 6.13. The fourth-order valence-electron chi connectivity index (χ4n) is 6.13. The van der Waals surface area contributed by atoms with E-state index < -0.39 is 0 Å². The van der Waals surface area contributed by atoms with E-state index in [1.165, 1.54) is 96.3 Å². The molecule has 0 bridgehead atoms. The lowest BCUT2D eigenvalue weighted by Crippen LogP contribution is -2.32. The Bertz CT molecular complexity index is 341. The van der Waals surface area contributed by atoms with Gasteiger partial charge in [-0.2, -0.15) is 0 Å². The highest BCUT2D eigenvalue weighted by Crippen LogP contribution is 2.40. The zero-order valence-electron chi connectivity index (χ0n) is 17.2. The predicted molar refractivity (Wildman–Crippen MR) is 108 cm³/mol. The molecule has 2 aliphatic carbocycles. The Morgan fingerprint density at radius 3 is 1.76 bits per heavy atom. The van der Waals surface area contributed by atoms with Crippen molar-refractivity contribution in [2.24, 2.45) is 29.6 Å². The maximum atomic E-state index is 6.35. The van der Waals surface area contributed by atoms with Crippen molar-refractivity contribution < 1.29 is 4.74 Å². The van der Waals surface area contributed by atoms with E-state index in [-0.39, 0.29) is 0 Å². The van der Waals surface area contributed by atoms with Gasteiger partial charge in [-0.25, -0.2) is 0 Å². The molecule has 2 atom stereocenters. The molecule has 2 unspecified atom stereocenters. The molecule has 0 radical (unpaired) electrons. The molecule has 0 aromatic carbocycles. The highest BCUT2D eigenvalue weighted by atomic mass is 16.5. The summed E-state index contributed by atoms with van der Waals surface area (Å²) in [5.41, 5.74) is 0. The summed E-state index contributed by atoms with van der Waals surface area (Å²) in [7, 11) is 0. The average Bonchev–Trinajstić information content (AvgIpc) is 2.68. The van der Waals surface area contributed by atoms with Crippen LogP contribution >= 0.6 is 0 Å². The minimum absolute atomic E-state index is 0.594. The molecule has 3 rings (SSSR count). The lowest BCUT2D eigenvalue weighted by atomic mass is 9.73. The van der Waals surface area contributed by atoms with E-state index in [0.717, 1.165) is 36.2 Å². The second-order valence-corrected chi connectivity index (χ2v) is 9.73. The Morgan fingerprint density at radius 1 is 0.600 bits per heavy atom. The first-order chi connectivity index (χ1) is 12.3.